The number of aliphatic hydroxyl groups is 1. The van der Waals surface area contributed by atoms with E-state index in [1.807, 2.05) is 4.98 Å². The molecule has 0 fully saturated rings. The van der Waals surface area contributed by atoms with E-state index in [-0.39, 0.29) is 0 Å². The van der Waals surface area contributed by atoms with Crippen molar-refractivity contribution in [3.05, 3.63) is 37.8 Å². The maximum Gasteiger partial charge on any atom is 0.334 e. The summed E-state index contributed by atoms with van der Waals surface area (Å²) in [4.78, 5) is 22.0. The van der Waals surface area contributed by atoms with Gasteiger partial charge in [0, 0.05) is 11.6 Å². The van der Waals surface area contributed by atoms with Gasteiger partial charge in [0.2, 0.25) is 0 Å². The number of aromatic amines is 1. The summed E-state index contributed by atoms with van der Waals surface area (Å²) in [5, 5.41) is 18.9. The lowest BCUT2D eigenvalue weighted by Crippen LogP contribution is -2.16. The second-order valence-electron chi connectivity index (χ2n) is 2.63. The monoisotopic (exact) mass is 220 g/mol. The lowest BCUT2D eigenvalue weighted by Gasteiger charge is -2.04. The Labute approximate surface area is 81.3 Å². The first kappa shape index (κ1) is 11.2. The van der Waals surface area contributed by atoms with Crippen molar-refractivity contribution in [2.75, 3.05) is 0 Å². The molecule has 0 bridgehead atoms. The topological polar surface area (TPSA) is 96.2 Å². The molecular formula is C7H6F2N2O4. The van der Waals surface area contributed by atoms with Gasteiger partial charge in [0.1, 0.15) is 0 Å². The van der Waals surface area contributed by atoms with Crippen molar-refractivity contribution in [3.63, 3.8) is 0 Å². The van der Waals surface area contributed by atoms with E-state index in [9.17, 15) is 23.7 Å². The van der Waals surface area contributed by atoms with Crippen LogP contribution < -0.4 is 5.56 Å². The lowest BCUT2D eigenvalue weighted by atomic mass is 10.2. The zero-order valence-corrected chi connectivity index (χ0v) is 7.24. The zero-order valence-electron chi connectivity index (χ0n) is 7.24. The van der Waals surface area contributed by atoms with Gasteiger partial charge in [-0.15, -0.1) is 0 Å². The van der Waals surface area contributed by atoms with Crippen LogP contribution in [0.5, 0.6) is 0 Å². The summed E-state index contributed by atoms with van der Waals surface area (Å²) >= 11 is 0. The summed E-state index contributed by atoms with van der Waals surface area (Å²) in [6.07, 6.45) is -3.00. The molecule has 0 aromatic carbocycles. The fourth-order valence-corrected chi connectivity index (χ4v) is 1.03. The van der Waals surface area contributed by atoms with E-state index < -0.39 is 40.5 Å². The molecular weight excluding hydrogens is 214 g/mol. The van der Waals surface area contributed by atoms with Gasteiger partial charge in [-0.05, 0) is 0 Å². The molecule has 0 saturated heterocycles. The maximum atomic E-state index is 12.3. The molecule has 8 heteroatoms. The van der Waals surface area contributed by atoms with Gasteiger partial charge in [-0.3, -0.25) is 14.9 Å². The number of hydrogen-bond acceptors (Lipinski definition) is 4. The Balaban J connectivity index is 3.44. The number of aromatic nitrogens is 1. The Bertz CT molecular complexity index is 443. The van der Waals surface area contributed by atoms with Crippen LogP contribution in [0.1, 0.15) is 17.7 Å². The molecule has 0 unspecified atom stereocenters. The molecule has 15 heavy (non-hydrogen) atoms. The molecule has 0 atom stereocenters. The van der Waals surface area contributed by atoms with E-state index in [1.54, 1.807) is 0 Å². The van der Waals surface area contributed by atoms with Gasteiger partial charge in [-0.2, -0.15) is 0 Å². The first-order valence-electron chi connectivity index (χ1n) is 3.77. The zero-order chi connectivity index (χ0) is 11.6. The summed E-state index contributed by atoms with van der Waals surface area (Å²) in [5.41, 5.74) is -3.25. The SMILES string of the molecule is O=c1[nH]c(CO)c(C(F)F)cc1[N+](=O)[O-]. The number of hydrogen-bond donors (Lipinski definition) is 2. The highest BCUT2D eigenvalue weighted by Gasteiger charge is 2.21. The molecule has 0 amide bonds. The number of nitrogens with one attached hydrogen (secondary N) is 1. The standard InChI is InChI=1S/C7H6F2N2O4/c8-6(9)3-1-5(11(14)15)7(13)10-4(3)2-12/h1,6,12H,2H2,(H,10,13). The van der Waals surface area contributed by atoms with Crippen LogP contribution in [0, 0.1) is 10.1 Å². The molecule has 1 heterocycles. The van der Waals surface area contributed by atoms with Crippen molar-refractivity contribution < 1.29 is 18.8 Å². The predicted octanol–water partition coefficient (Wildman–Crippen LogP) is 0.713. The summed E-state index contributed by atoms with van der Waals surface area (Å²) in [7, 11) is 0. The van der Waals surface area contributed by atoms with Crippen molar-refractivity contribution in [2.45, 2.75) is 13.0 Å². The highest BCUT2D eigenvalue weighted by atomic mass is 19.3. The minimum Gasteiger partial charge on any atom is -0.390 e. The summed E-state index contributed by atoms with van der Waals surface area (Å²) in [6, 6.07) is 0.467. The number of nitrogens with zero attached hydrogens (tertiary/aromatic N) is 1. The molecule has 0 aliphatic carbocycles. The first-order chi connectivity index (χ1) is 6.97. The minimum absolute atomic E-state index is 0.416. The van der Waals surface area contributed by atoms with Gasteiger partial charge in [-0.25, -0.2) is 8.78 Å². The van der Waals surface area contributed by atoms with E-state index in [0.717, 1.165) is 0 Å². The van der Waals surface area contributed by atoms with Crippen LogP contribution in [-0.2, 0) is 6.61 Å². The largest absolute Gasteiger partial charge is 0.390 e. The van der Waals surface area contributed by atoms with Crippen molar-refractivity contribution in [1.29, 1.82) is 0 Å². The maximum absolute atomic E-state index is 12.3. The molecule has 2 N–H and O–H groups in total. The average Bonchev–Trinajstić information content (AvgIpc) is 2.16. The van der Waals surface area contributed by atoms with Gasteiger partial charge in [-0.1, -0.05) is 0 Å². The fraction of sp³-hybridized carbons (Fsp3) is 0.286. The Kier molecular flexibility index (Phi) is 3.10. The van der Waals surface area contributed by atoms with Crippen LogP contribution in [-0.4, -0.2) is 15.0 Å². The molecule has 6 nitrogen and oxygen atoms in total. The third-order valence-corrected chi connectivity index (χ3v) is 1.73. The van der Waals surface area contributed by atoms with Crippen molar-refractivity contribution in [1.82, 2.24) is 4.98 Å². The van der Waals surface area contributed by atoms with E-state index in [1.165, 1.54) is 0 Å². The third kappa shape index (κ3) is 2.15. The van der Waals surface area contributed by atoms with E-state index >= 15 is 0 Å². The van der Waals surface area contributed by atoms with Gasteiger partial charge in [0.05, 0.1) is 17.2 Å². The molecule has 1 aromatic heterocycles. The van der Waals surface area contributed by atoms with Gasteiger partial charge < -0.3 is 10.1 Å². The predicted molar refractivity (Wildman–Crippen MR) is 44.6 cm³/mol. The van der Waals surface area contributed by atoms with Crippen LogP contribution in [0.25, 0.3) is 0 Å². The Morgan fingerprint density at radius 1 is 1.60 bits per heavy atom. The molecule has 0 radical (unpaired) electrons. The second kappa shape index (κ2) is 4.13. The Morgan fingerprint density at radius 3 is 2.60 bits per heavy atom. The fourth-order valence-electron chi connectivity index (χ4n) is 1.03. The molecule has 0 spiro atoms. The first-order valence-corrected chi connectivity index (χ1v) is 3.77. The Hall–Kier alpha value is -1.83. The normalized spacial score (nSPS) is 10.7. The van der Waals surface area contributed by atoms with Crippen LogP contribution in [0.2, 0.25) is 0 Å². The van der Waals surface area contributed by atoms with E-state index in [4.69, 9.17) is 5.11 Å². The summed E-state index contributed by atoms with van der Waals surface area (Å²) in [6.45, 7) is -0.813. The lowest BCUT2D eigenvalue weighted by molar-refractivity contribution is -0.386. The average molecular weight is 220 g/mol. The molecule has 1 rings (SSSR count). The molecule has 0 aliphatic heterocycles. The van der Waals surface area contributed by atoms with Gasteiger partial charge in [0.25, 0.3) is 6.43 Å². The van der Waals surface area contributed by atoms with Crippen molar-refractivity contribution in [3.8, 4) is 0 Å². The second-order valence-corrected chi connectivity index (χ2v) is 2.63. The van der Waals surface area contributed by atoms with E-state index in [2.05, 4.69) is 0 Å². The molecule has 0 aliphatic rings. The van der Waals surface area contributed by atoms with Crippen LogP contribution in [0.3, 0.4) is 0 Å². The summed E-state index contributed by atoms with van der Waals surface area (Å²) < 4.78 is 24.7. The smallest absolute Gasteiger partial charge is 0.334 e. The number of halogens is 2. The number of pyridine rings is 1. The van der Waals surface area contributed by atoms with E-state index in [0.29, 0.717) is 6.07 Å². The number of rotatable bonds is 3. The highest BCUT2D eigenvalue weighted by molar-refractivity contribution is 5.34. The third-order valence-electron chi connectivity index (χ3n) is 1.73. The minimum atomic E-state index is -3.00. The van der Waals surface area contributed by atoms with Crippen LogP contribution >= 0.6 is 0 Å². The molecule has 0 saturated carbocycles. The molecule has 1 aromatic rings. The number of nitro groups is 1. The van der Waals surface area contributed by atoms with Gasteiger partial charge >= 0.3 is 11.2 Å². The Morgan fingerprint density at radius 2 is 2.20 bits per heavy atom. The quantitative estimate of drug-likeness (QED) is 0.579. The van der Waals surface area contributed by atoms with Crippen molar-refractivity contribution >= 4 is 5.69 Å². The highest BCUT2D eigenvalue weighted by Crippen LogP contribution is 2.23. The number of alkyl halides is 2. The number of H-pyrrole nitrogens is 1. The van der Waals surface area contributed by atoms with Crippen LogP contribution in [0.4, 0.5) is 14.5 Å². The van der Waals surface area contributed by atoms with Crippen LogP contribution in [0.15, 0.2) is 10.9 Å². The van der Waals surface area contributed by atoms with Crippen molar-refractivity contribution in [2.24, 2.45) is 0 Å². The molecule has 82 valence electrons. The summed E-state index contributed by atoms with van der Waals surface area (Å²) in [5.74, 6) is 0. The van der Waals surface area contributed by atoms with Gasteiger partial charge in [0.15, 0.2) is 0 Å². The number of aliphatic hydroxyl groups excluding tert-OH is 1.